The van der Waals surface area contributed by atoms with Crippen molar-refractivity contribution < 1.29 is 14.3 Å². The summed E-state index contributed by atoms with van der Waals surface area (Å²) >= 11 is 6.79. The second kappa shape index (κ2) is 7.40. The molecule has 1 saturated carbocycles. The maximum atomic E-state index is 12.8. The number of amides is 1. The zero-order chi connectivity index (χ0) is 15.4. The molecule has 0 spiro atoms. The van der Waals surface area contributed by atoms with E-state index in [2.05, 4.69) is 31.9 Å². The second-order valence-electron chi connectivity index (χ2n) is 5.07. The van der Waals surface area contributed by atoms with Crippen molar-refractivity contribution in [2.75, 3.05) is 13.7 Å². The predicted octanol–water partition coefficient (Wildman–Crippen LogP) is 3.77. The van der Waals surface area contributed by atoms with Crippen LogP contribution in [0, 0.1) is 0 Å². The Bertz CT molecular complexity index is 542. The van der Waals surface area contributed by atoms with Gasteiger partial charge in [-0.1, -0.05) is 28.8 Å². The van der Waals surface area contributed by atoms with Crippen molar-refractivity contribution in [1.82, 2.24) is 4.90 Å². The highest BCUT2D eigenvalue weighted by atomic mass is 79.9. The number of nitrogens with zero attached hydrogens (tertiary/aromatic N) is 1. The van der Waals surface area contributed by atoms with Crippen LogP contribution in [0.3, 0.4) is 0 Å². The van der Waals surface area contributed by atoms with Gasteiger partial charge in [0.05, 0.1) is 12.7 Å². The van der Waals surface area contributed by atoms with E-state index in [0.29, 0.717) is 5.56 Å². The van der Waals surface area contributed by atoms with E-state index in [-0.39, 0.29) is 24.5 Å². The average molecular weight is 419 g/mol. The second-order valence-corrected chi connectivity index (χ2v) is 6.84. The quantitative estimate of drug-likeness (QED) is 0.699. The summed E-state index contributed by atoms with van der Waals surface area (Å²) in [6, 6.07) is 5.57. The maximum absolute atomic E-state index is 12.8. The van der Waals surface area contributed by atoms with Crippen LogP contribution in [0.5, 0.6) is 0 Å². The number of hydrogen-bond acceptors (Lipinski definition) is 3. The molecule has 1 amide bonds. The van der Waals surface area contributed by atoms with Gasteiger partial charge in [-0.15, -0.1) is 0 Å². The molecule has 0 heterocycles. The van der Waals surface area contributed by atoms with Crippen molar-refractivity contribution in [3.63, 3.8) is 0 Å². The first-order valence-corrected chi connectivity index (χ1v) is 8.44. The average Bonchev–Trinajstić information content (AvgIpc) is 3.00. The SMILES string of the molecule is COC(=O)CN(C(=O)c1cc(Br)ccc1Br)C1CCCC1. The van der Waals surface area contributed by atoms with Crippen molar-refractivity contribution in [3.8, 4) is 0 Å². The van der Waals surface area contributed by atoms with Crippen molar-refractivity contribution in [2.45, 2.75) is 31.7 Å². The van der Waals surface area contributed by atoms with Crippen LogP contribution in [0.25, 0.3) is 0 Å². The molecule has 114 valence electrons. The van der Waals surface area contributed by atoms with Crippen molar-refractivity contribution in [2.24, 2.45) is 0 Å². The molecule has 4 nitrogen and oxygen atoms in total. The Morgan fingerprint density at radius 2 is 1.95 bits per heavy atom. The van der Waals surface area contributed by atoms with Gasteiger partial charge in [-0.2, -0.15) is 0 Å². The molecule has 0 unspecified atom stereocenters. The van der Waals surface area contributed by atoms with E-state index >= 15 is 0 Å². The van der Waals surface area contributed by atoms with Gasteiger partial charge in [0.15, 0.2) is 0 Å². The molecule has 1 aromatic carbocycles. The van der Waals surface area contributed by atoms with E-state index < -0.39 is 0 Å². The van der Waals surface area contributed by atoms with E-state index in [1.807, 2.05) is 12.1 Å². The molecule has 1 aliphatic rings. The number of esters is 1. The Hall–Kier alpha value is -0.880. The third kappa shape index (κ3) is 4.07. The zero-order valence-electron chi connectivity index (χ0n) is 11.8. The van der Waals surface area contributed by atoms with Gasteiger partial charge in [0.1, 0.15) is 6.54 Å². The van der Waals surface area contributed by atoms with E-state index in [0.717, 1.165) is 34.6 Å². The number of carbonyl (C=O) groups excluding carboxylic acids is 2. The van der Waals surface area contributed by atoms with Crippen LogP contribution in [0.1, 0.15) is 36.0 Å². The minimum absolute atomic E-state index is 0.00104. The lowest BCUT2D eigenvalue weighted by molar-refractivity contribution is -0.141. The van der Waals surface area contributed by atoms with Gasteiger partial charge in [-0.05, 0) is 47.0 Å². The molecule has 0 N–H and O–H groups in total. The number of hydrogen-bond donors (Lipinski definition) is 0. The van der Waals surface area contributed by atoms with Crippen molar-refractivity contribution in [3.05, 3.63) is 32.7 Å². The number of halogens is 2. The number of rotatable bonds is 4. The maximum Gasteiger partial charge on any atom is 0.325 e. The fraction of sp³-hybridized carbons (Fsp3) is 0.467. The summed E-state index contributed by atoms with van der Waals surface area (Å²) in [5.41, 5.74) is 0.556. The van der Waals surface area contributed by atoms with Gasteiger partial charge in [0, 0.05) is 15.0 Å². The number of benzene rings is 1. The molecule has 0 bridgehead atoms. The first-order chi connectivity index (χ1) is 10.0. The first-order valence-electron chi connectivity index (χ1n) is 6.85. The normalized spacial score (nSPS) is 15.0. The lowest BCUT2D eigenvalue weighted by Crippen LogP contribution is -2.42. The standard InChI is InChI=1S/C15H17Br2NO3/c1-21-14(19)9-18(11-4-2-3-5-11)15(20)12-8-10(16)6-7-13(12)17/h6-8,11H,2-5,9H2,1H3. The number of ether oxygens (including phenoxy) is 1. The van der Waals surface area contributed by atoms with Gasteiger partial charge in [0.25, 0.3) is 5.91 Å². The van der Waals surface area contributed by atoms with E-state index in [1.54, 1.807) is 11.0 Å². The molecule has 21 heavy (non-hydrogen) atoms. The zero-order valence-corrected chi connectivity index (χ0v) is 14.9. The smallest absolute Gasteiger partial charge is 0.325 e. The first kappa shape index (κ1) is 16.5. The van der Waals surface area contributed by atoms with Crippen LogP contribution in [0.4, 0.5) is 0 Å². The van der Waals surface area contributed by atoms with Crippen molar-refractivity contribution >= 4 is 43.7 Å². The fourth-order valence-electron chi connectivity index (χ4n) is 2.60. The molecular formula is C15H17Br2NO3. The highest BCUT2D eigenvalue weighted by Gasteiger charge is 2.30. The van der Waals surface area contributed by atoms with E-state index in [1.165, 1.54) is 7.11 Å². The molecule has 1 aromatic rings. The van der Waals surface area contributed by atoms with Gasteiger partial charge in [0.2, 0.25) is 0 Å². The summed E-state index contributed by atoms with van der Waals surface area (Å²) in [5.74, 6) is -0.526. The van der Waals surface area contributed by atoms with Crippen LogP contribution in [0.2, 0.25) is 0 Å². The van der Waals surface area contributed by atoms with E-state index in [9.17, 15) is 9.59 Å². The molecule has 1 aliphatic carbocycles. The molecule has 0 aromatic heterocycles. The van der Waals surface area contributed by atoms with Crippen LogP contribution >= 0.6 is 31.9 Å². The monoisotopic (exact) mass is 417 g/mol. The summed E-state index contributed by atoms with van der Waals surface area (Å²) in [7, 11) is 1.34. The molecule has 0 atom stereocenters. The third-order valence-corrected chi connectivity index (χ3v) is 4.90. The molecule has 0 aliphatic heterocycles. The van der Waals surface area contributed by atoms with E-state index in [4.69, 9.17) is 4.74 Å². The minimum Gasteiger partial charge on any atom is -0.468 e. The summed E-state index contributed by atoms with van der Waals surface area (Å²) in [5, 5.41) is 0. The molecular weight excluding hydrogens is 402 g/mol. The van der Waals surface area contributed by atoms with Gasteiger partial charge < -0.3 is 9.64 Å². The van der Waals surface area contributed by atoms with Gasteiger partial charge in [-0.25, -0.2) is 0 Å². The van der Waals surface area contributed by atoms with Crippen LogP contribution in [-0.4, -0.2) is 36.5 Å². The highest BCUT2D eigenvalue weighted by molar-refractivity contribution is 9.11. The molecule has 0 saturated heterocycles. The summed E-state index contributed by atoms with van der Waals surface area (Å²) in [4.78, 5) is 26.1. The Balaban J connectivity index is 2.28. The molecule has 0 radical (unpaired) electrons. The Morgan fingerprint density at radius 3 is 2.57 bits per heavy atom. The Kier molecular flexibility index (Phi) is 5.81. The topological polar surface area (TPSA) is 46.6 Å². The minimum atomic E-state index is -0.388. The summed E-state index contributed by atoms with van der Waals surface area (Å²) in [6.07, 6.45) is 4.06. The van der Waals surface area contributed by atoms with Crippen LogP contribution in [-0.2, 0) is 9.53 Å². The highest BCUT2D eigenvalue weighted by Crippen LogP contribution is 2.28. The van der Waals surface area contributed by atoms with Gasteiger partial charge >= 0.3 is 5.97 Å². The van der Waals surface area contributed by atoms with Crippen molar-refractivity contribution in [1.29, 1.82) is 0 Å². The largest absolute Gasteiger partial charge is 0.468 e. The molecule has 6 heteroatoms. The lowest BCUT2D eigenvalue weighted by Gasteiger charge is -2.28. The summed E-state index contributed by atoms with van der Waals surface area (Å²) in [6.45, 7) is -0.00104. The van der Waals surface area contributed by atoms with Crippen LogP contribution in [0.15, 0.2) is 27.1 Å². The summed E-state index contributed by atoms with van der Waals surface area (Å²) < 4.78 is 6.28. The predicted molar refractivity (Wildman–Crippen MR) is 87.2 cm³/mol. The van der Waals surface area contributed by atoms with Crippen LogP contribution < -0.4 is 0 Å². The third-order valence-electron chi connectivity index (χ3n) is 3.71. The number of carbonyl (C=O) groups is 2. The lowest BCUT2D eigenvalue weighted by atomic mass is 10.1. The Morgan fingerprint density at radius 1 is 1.29 bits per heavy atom. The molecule has 2 rings (SSSR count). The molecule has 1 fully saturated rings. The Labute approximate surface area is 141 Å². The van der Waals surface area contributed by atoms with Gasteiger partial charge in [-0.3, -0.25) is 9.59 Å². The number of methoxy groups -OCH3 is 1. The fourth-order valence-corrected chi connectivity index (χ4v) is 3.38.